The van der Waals surface area contributed by atoms with Crippen LogP contribution in [0.25, 0.3) is 0 Å². The summed E-state index contributed by atoms with van der Waals surface area (Å²) in [5, 5.41) is 9.13. The van der Waals surface area contributed by atoms with E-state index in [9.17, 15) is 0 Å². The fraction of sp³-hybridized carbons (Fsp3) is 0.556. The highest BCUT2D eigenvalue weighted by Gasteiger charge is 2.42. The van der Waals surface area contributed by atoms with E-state index in [-0.39, 0.29) is 5.54 Å². The number of hydrogen-bond donors (Lipinski definition) is 0. The summed E-state index contributed by atoms with van der Waals surface area (Å²) in [7, 11) is 0. The molecule has 0 N–H and O–H groups in total. The van der Waals surface area contributed by atoms with Crippen molar-refractivity contribution in [2.75, 3.05) is 0 Å². The van der Waals surface area contributed by atoms with Gasteiger partial charge >= 0.3 is 0 Å². The minimum absolute atomic E-state index is 0.0124. The van der Waals surface area contributed by atoms with E-state index in [1.165, 1.54) is 36.2 Å². The van der Waals surface area contributed by atoms with E-state index in [1.807, 2.05) is 0 Å². The molecule has 2 atom stereocenters. The van der Waals surface area contributed by atoms with E-state index in [0.29, 0.717) is 11.8 Å². The summed E-state index contributed by atoms with van der Waals surface area (Å²) in [5.74, 6) is 1.14. The molecule has 2 aliphatic rings. The molecule has 110 valence electrons. The molecule has 0 saturated carbocycles. The Morgan fingerprint density at radius 1 is 1.10 bits per heavy atom. The molecule has 3 nitrogen and oxygen atoms in total. The molecule has 0 saturated heterocycles. The quantitative estimate of drug-likeness (QED) is 0.731. The molecule has 2 aliphatic carbocycles. The number of nitrogens with zero attached hydrogens (tertiary/aromatic N) is 3. The van der Waals surface area contributed by atoms with E-state index in [2.05, 4.69) is 60.0 Å². The van der Waals surface area contributed by atoms with Crippen LogP contribution in [0.3, 0.4) is 0 Å². The number of hydrogen-bond acceptors (Lipinski definition) is 2. The van der Waals surface area contributed by atoms with Crippen LogP contribution in [0.4, 0.5) is 0 Å². The maximum Gasteiger partial charge on any atom is 0.0940 e. The van der Waals surface area contributed by atoms with Gasteiger partial charge in [-0.2, -0.15) is 0 Å². The van der Waals surface area contributed by atoms with Crippen molar-refractivity contribution in [3.05, 3.63) is 46.8 Å². The number of benzene rings is 1. The molecule has 1 aromatic carbocycles. The highest BCUT2D eigenvalue weighted by atomic mass is 15.5. The second-order valence-electron chi connectivity index (χ2n) is 7.46. The lowest BCUT2D eigenvalue weighted by Crippen LogP contribution is -2.30. The summed E-state index contributed by atoms with van der Waals surface area (Å²) in [5.41, 5.74) is 5.64. The summed E-state index contributed by atoms with van der Waals surface area (Å²) in [6, 6.07) is 8.90. The molecule has 3 heteroatoms. The maximum absolute atomic E-state index is 4.62. The van der Waals surface area contributed by atoms with Crippen LogP contribution in [0.15, 0.2) is 24.3 Å². The first-order valence-electron chi connectivity index (χ1n) is 8.11. The first-order valence-corrected chi connectivity index (χ1v) is 8.11. The van der Waals surface area contributed by atoms with Gasteiger partial charge in [-0.25, -0.2) is 4.68 Å². The van der Waals surface area contributed by atoms with Crippen LogP contribution < -0.4 is 0 Å². The molecule has 21 heavy (non-hydrogen) atoms. The third-order valence-corrected chi connectivity index (χ3v) is 5.03. The molecule has 0 amide bonds. The highest BCUT2D eigenvalue weighted by molar-refractivity contribution is 5.51. The number of aromatic nitrogens is 3. The Balaban J connectivity index is 1.85. The van der Waals surface area contributed by atoms with E-state index >= 15 is 0 Å². The van der Waals surface area contributed by atoms with Gasteiger partial charge in [0.2, 0.25) is 0 Å². The zero-order chi connectivity index (χ0) is 14.6. The minimum Gasteiger partial charge on any atom is -0.244 e. The molecule has 2 unspecified atom stereocenters. The molecule has 4 rings (SSSR count). The van der Waals surface area contributed by atoms with Gasteiger partial charge in [0.25, 0.3) is 0 Å². The van der Waals surface area contributed by atoms with Gasteiger partial charge in [0.1, 0.15) is 0 Å². The second kappa shape index (κ2) is 4.43. The fourth-order valence-corrected chi connectivity index (χ4v) is 4.08. The molecular formula is C18H23N3. The molecule has 1 aromatic heterocycles. The standard InChI is InChI=1S/C18H23N3/c1-18(2,3)21-15-11-7-6-10-14-12-8-4-5-9-13(12)16(14)17(15)19-20-21/h4-5,8-9,14,16H,6-7,10-11H2,1-3H3. The predicted octanol–water partition coefficient (Wildman–Crippen LogP) is 3.99. The summed E-state index contributed by atoms with van der Waals surface area (Å²) in [6.07, 6.45) is 4.97. The smallest absolute Gasteiger partial charge is 0.0940 e. The average molecular weight is 281 g/mol. The van der Waals surface area contributed by atoms with E-state index in [4.69, 9.17) is 0 Å². The summed E-state index contributed by atoms with van der Waals surface area (Å²) < 4.78 is 2.16. The minimum atomic E-state index is 0.0124. The maximum atomic E-state index is 4.62. The largest absolute Gasteiger partial charge is 0.244 e. The Morgan fingerprint density at radius 2 is 1.86 bits per heavy atom. The fourth-order valence-electron chi connectivity index (χ4n) is 4.08. The molecule has 0 bridgehead atoms. The number of rotatable bonds is 0. The van der Waals surface area contributed by atoms with Crippen LogP contribution in [0.2, 0.25) is 0 Å². The van der Waals surface area contributed by atoms with Gasteiger partial charge in [-0.05, 0) is 57.1 Å². The van der Waals surface area contributed by atoms with Crippen molar-refractivity contribution in [1.29, 1.82) is 0 Å². The summed E-state index contributed by atoms with van der Waals surface area (Å²) in [6.45, 7) is 6.65. The zero-order valence-electron chi connectivity index (χ0n) is 13.1. The molecule has 2 aromatic rings. The third-order valence-electron chi connectivity index (χ3n) is 5.03. The monoisotopic (exact) mass is 281 g/mol. The van der Waals surface area contributed by atoms with Gasteiger partial charge in [0, 0.05) is 5.92 Å². The normalized spacial score (nSPS) is 24.1. The topological polar surface area (TPSA) is 30.7 Å². The van der Waals surface area contributed by atoms with Crippen molar-refractivity contribution in [3.8, 4) is 0 Å². The summed E-state index contributed by atoms with van der Waals surface area (Å²) in [4.78, 5) is 0. The Labute approximate surface area is 126 Å². The average Bonchev–Trinajstić information content (AvgIpc) is 2.80. The van der Waals surface area contributed by atoms with Crippen LogP contribution >= 0.6 is 0 Å². The second-order valence-corrected chi connectivity index (χ2v) is 7.46. The Morgan fingerprint density at radius 3 is 2.62 bits per heavy atom. The van der Waals surface area contributed by atoms with Crippen molar-refractivity contribution in [3.63, 3.8) is 0 Å². The van der Waals surface area contributed by atoms with Crippen molar-refractivity contribution in [2.24, 2.45) is 0 Å². The zero-order valence-corrected chi connectivity index (χ0v) is 13.1. The molecule has 0 fully saturated rings. The van der Waals surface area contributed by atoms with Crippen molar-refractivity contribution in [2.45, 2.75) is 63.8 Å². The number of fused-ring (bicyclic) bond motifs is 6. The van der Waals surface area contributed by atoms with Crippen LogP contribution in [0.1, 0.15) is 74.4 Å². The molecular weight excluding hydrogens is 258 g/mol. The van der Waals surface area contributed by atoms with E-state index in [0.717, 1.165) is 6.42 Å². The third kappa shape index (κ3) is 1.86. The van der Waals surface area contributed by atoms with Gasteiger partial charge in [0.15, 0.2) is 0 Å². The first kappa shape index (κ1) is 13.1. The predicted molar refractivity (Wildman–Crippen MR) is 83.6 cm³/mol. The SMILES string of the molecule is CC(C)(C)n1nnc2c1CCCCC1c3ccccc3C21. The van der Waals surface area contributed by atoms with Crippen molar-refractivity contribution < 1.29 is 0 Å². The van der Waals surface area contributed by atoms with Crippen LogP contribution in [0, 0.1) is 0 Å². The molecule has 0 radical (unpaired) electrons. The van der Waals surface area contributed by atoms with Crippen LogP contribution in [-0.2, 0) is 12.0 Å². The lowest BCUT2D eigenvalue weighted by atomic mass is 9.63. The molecule has 0 aliphatic heterocycles. The van der Waals surface area contributed by atoms with Gasteiger partial charge < -0.3 is 0 Å². The van der Waals surface area contributed by atoms with Gasteiger partial charge in [-0.15, -0.1) is 5.10 Å². The molecule has 1 heterocycles. The Kier molecular flexibility index (Phi) is 2.75. The lowest BCUT2D eigenvalue weighted by molar-refractivity contribution is 0.332. The molecule has 0 spiro atoms. The Hall–Kier alpha value is -1.64. The van der Waals surface area contributed by atoms with Crippen LogP contribution in [-0.4, -0.2) is 15.0 Å². The van der Waals surface area contributed by atoms with E-state index < -0.39 is 0 Å². The summed E-state index contributed by atoms with van der Waals surface area (Å²) >= 11 is 0. The van der Waals surface area contributed by atoms with Crippen molar-refractivity contribution in [1.82, 2.24) is 15.0 Å². The van der Waals surface area contributed by atoms with Crippen molar-refractivity contribution >= 4 is 0 Å². The first-order chi connectivity index (χ1) is 10.1. The highest BCUT2D eigenvalue weighted by Crippen LogP contribution is 2.53. The Bertz CT molecular complexity index is 678. The van der Waals surface area contributed by atoms with Gasteiger partial charge in [-0.3, -0.25) is 0 Å². The van der Waals surface area contributed by atoms with E-state index in [1.54, 1.807) is 5.56 Å². The van der Waals surface area contributed by atoms with Gasteiger partial charge in [-0.1, -0.05) is 35.9 Å². The van der Waals surface area contributed by atoms with Gasteiger partial charge in [0.05, 0.1) is 16.9 Å². The van der Waals surface area contributed by atoms with Crippen LogP contribution in [0.5, 0.6) is 0 Å². The lowest BCUT2D eigenvalue weighted by Gasteiger charge is -2.40.